The van der Waals surface area contributed by atoms with Crippen molar-refractivity contribution in [2.45, 2.75) is 12.3 Å². The normalized spacial score (nSPS) is 30.0. The fourth-order valence-corrected chi connectivity index (χ4v) is 2.15. The van der Waals surface area contributed by atoms with Gasteiger partial charge in [-0.3, -0.25) is 10.2 Å². The second kappa shape index (κ2) is 3.02. The third kappa shape index (κ3) is 1.25. The third-order valence-electron chi connectivity index (χ3n) is 3.17. The first-order chi connectivity index (χ1) is 7.28. The maximum atomic E-state index is 13.4. The minimum atomic E-state index is -3.04. The van der Waals surface area contributed by atoms with Gasteiger partial charge in [0.25, 0.3) is 11.8 Å². The molecule has 1 saturated carbocycles. The average molecular weight is 229 g/mol. The molecule has 0 radical (unpaired) electrons. The number of hydrogen-bond acceptors (Lipinski definition) is 3. The fourth-order valence-electron chi connectivity index (χ4n) is 2.15. The van der Waals surface area contributed by atoms with Crippen LogP contribution in [-0.2, 0) is 4.79 Å². The van der Waals surface area contributed by atoms with Crippen LogP contribution in [0, 0.1) is 17.2 Å². The number of nitrogens with one attached hydrogen (secondary N) is 1. The number of amides is 1. The van der Waals surface area contributed by atoms with E-state index in [4.69, 9.17) is 11.1 Å². The standard InChI is InChI=1S/C10H13F2N3O/c1-15(2)9(16)7(13)6-4-3-5(4)10(11,12)8(6)14/h4-5,13H,3,14H2,1-2H3/t4?,5-/m1/s1. The van der Waals surface area contributed by atoms with Gasteiger partial charge < -0.3 is 10.6 Å². The molecule has 4 nitrogen and oxygen atoms in total. The molecule has 1 unspecified atom stereocenters. The Balaban J connectivity index is 2.33. The number of nitrogens with zero attached hydrogens (tertiary/aromatic N) is 1. The monoisotopic (exact) mass is 229 g/mol. The smallest absolute Gasteiger partial charge is 0.290 e. The van der Waals surface area contributed by atoms with E-state index in [-0.39, 0.29) is 5.57 Å². The number of hydrogen-bond donors (Lipinski definition) is 2. The number of nitrogens with two attached hydrogens (primary N) is 1. The zero-order valence-electron chi connectivity index (χ0n) is 9.05. The maximum absolute atomic E-state index is 13.4. The molecule has 88 valence electrons. The van der Waals surface area contributed by atoms with Crippen molar-refractivity contribution in [1.82, 2.24) is 4.90 Å². The molecule has 2 rings (SSSR count). The summed E-state index contributed by atoms with van der Waals surface area (Å²) in [4.78, 5) is 12.7. The number of carbonyl (C=O) groups excluding carboxylic acids is 1. The van der Waals surface area contributed by atoms with Gasteiger partial charge in [-0.15, -0.1) is 0 Å². The van der Waals surface area contributed by atoms with Crippen LogP contribution < -0.4 is 5.73 Å². The molecule has 0 aromatic rings. The summed E-state index contributed by atoms with van der Waals surface area (Å²) in [7, 11) is 2.95. The van der Waals surface area contributed by atoms with Crippen LogP contribution in [0.3, 0.4) is 0 Å². The van der Waals surface area contributed by atoms with Crippen LogP contribution in [0.2, 0.25) is 0 Å². The van der Waals surface area contributed by atoms with Crippen LogP contribution >= 0.6 is 0 Å². The lowest BCUT2D eigenvalue weighted by atomic mass is 10.0. The number of rotatable bonds is 2. The number of halogens is 2. The van der Waals surface area contributed by atoms with E-state index < -0.39 is 35.1 Å². The highest BCUT2D eigenvalue weighted by atomic mass is 19.3. The topological polar surface area (TPSA) is 70.2 Å². The first-order valence-electron chi connectivity index (χ1n) is 4.97. The lowest BCUT2D eigenvalue weighted by molar-refractivity contribution is -0.121. The summed E-state index contributed by atoms with van der Waals surface area (Å²) >= 11 is 0. The molecular weight excluding hydrogens is 216 g/mol. The lowest BCUT2D eigenvalue weighted by Crippen LogP contribution is -2.33. The summed E-state index contributed by atoms with van der Waals surface area (Å²) in [5.74, 6) is -4.82. The van der Waals surface area contributed by atoms with Crippen LogP contribution in [0.25, 0.3) is 0 Å². The average Bonchev–Trinajstić information content (AvgIpc) is 2.92. The predicted molar refractivity (Wildman–Crippen MR) is 54.2 cm³/mol. The Morgan fingerprint density at radius 3 is 2.50 bits per heavy atom. The van der Waals surface area contributed by atoms with E-state index in [1.54, 1.807) is 0 Å². The van der Waals surface area contributed by atoms with Crippen LogP contribution in [0.4, 0.5) is 8.78 Å². The lowest BCUT2D eigenvalue weighted by Gasteiger charge is -2.16. The Morgan fingerprint density at radius 1 is 1.56 bits per heavy atom. The van der Waals surface area contributed by atoms with Crippen molar-refractivity contribution in [2.24, 2.45) is 17.6 Å². The minimum absolute atomic E-state index is 0.0497. The highest BCUT2D eigenvalue weighted by Crippen LogP contribution is 2.61. The van der Waals surface area contributed by atoms with Crippen molar-refractivity contribution >= 4 is 11.6 Å². The van der Waals surface area contributed by atoms with Crippen molar-refractivity contribution in [2.75, 3.05) is 14.1 Å². The van der Waals surface area contributed by atoms with Gasteiger partial charge in [0.05, 0.1) is 5.70 Å². The molecule has 0 aromatic heterocycles. The largest absolute Gasteiger partial charge is 0.397 e. The molecule has 2 aliphatic carbocycles. The molecule has 0 bridgehead atoms. The van der Waals surface area contributed by atoms with Crippen molar-refractivity contribution in [3.05, 3.63) is 11.3 Å². The summed E-state index contributed by atoms with van der Waals surface area (Å²) in [6.45, 7) is 0. The molecule has 16 heavy (non-hydrogen) atoms. The van der Waals surface area contributed by atoms with Gasteiger partial charge in [0.2, 0.25) is 0 Å². The highest BCUT2D eigenvalue weighted by Gasteiger charge is 2.65. The summed E-state index contributed by atoms with van der Waals surface area (Å²) in [5.41, 5.74) is 4.40. The Kier molecular flexibility index (Phi) is 2.09. The number of carbonyl (C=O) groups is 1. The minimum Gasteiger partial charge on any atom is -0.397 e. The zero-order valence-corrected chi connectivity index (χ0v) is 9.05. The van der Waals surface area contributed by atoms with Gasteiger partial charge in [-0.2, -0.15) is 8.78 Å². The van der Waals surface area contributed by atoms with E-state index in [0.717, 1.165) is 0 Å². The van der Waals surface area contributed by atoms with Crippen LogP contribution in [0.15, 0.2) is 11.3 Å². The number of alkyl halides is 2. The van der Waals surface area contributed by atoms with E-state index in [1.165, 1.54) is 19.0 Å². The van der Waals surface area contributed by atoms with E-state index in [2.05, 4.69) is 0 Å². The molecule has 1 fully saturated rings. The molecule has 0 saturated heterocycles. The zero-order chi connectivity index (χ0) is 12.2. The fraction of sp³-hybridized carbons (Fsp3) is 0.600. The second-order valence-corrected chi connectivity index (χ2v) is 4.47. The van der Waals surface area contributed by atoms with Crippen molar-refractivity contribution in [3.63, 3.8) is 0 Å². The molecule has 1 amide bonds. The van der Waals surface area contributed by atoms with Gasteiger partial charge in [0, 0.05) is 25.6 Å². The molecule has 2 aliphatic rings. The van der Waals surface area contributed by atoms with Gasteiger partial charge in [-0.05, 0) is 12.3 Å². The summed E-state index contributed by atoms with van der Waals surface area (Å²) in [6.07, 6.45) is 0.326. The van der Waals surface area contributed by atoms with E-state index in [9.17, 15) is 13.6 Å². The second-order valence-electron chi connectivity index (χ2n) is 4.47. The van der Waals surface area contributed by atoms with Crippen LogP contribution in [0.1, 0.15) is 6.42 Å². The molecule has 6 heteroatoms. The maximum Gasteiger partial charge on any atom is 0.290 e. The van der Waals surface area contributed by atoms with Gasteiger partial charge in [-0.1, -0.05) is 0 Å². The Morgan fingerprint density at radius 2 is 2.12 bits per heavy atom. The summed E-state index contributed by atoms with van der Waals surface area (Å²) < 4.78 is 26.9. The third-order valence-corrected chi connectivity index (χ3v) is 3.17. The van der Waals surface area contributed by atoms with Gasteiger partial charge >= 0.3 is 0 Å². The summed E-state index contributed by atoms with van der Waals surface area (Å²) in [6, 6.07) is 0. The van der Waals surface area contributed by atoms with Crippen molar-refractivity contribution in [1.29, 1.82) is 5.41 Å². The van der Waals surface area contributed by atoms with Crippen LogP contribution in [0.5, 0.6) is 0 Å². The molecule has 0 heterocycles. The molecule has 2 atom stereocenters. The van der Waals surface area contributed by atoms with Crippen LogP contribution in [-0.4, -0.2) is 36.5 Å². The van der Waals surface area contributed by atoms with E-state index in [1.807, 2.05) is 0 Å². The van der Waals surface area contributed by atoms with Gasteiger partial charge in [-0.25, -0.2) is 0 Å². The molecule has 0 aromatic carbocycles. The Bertz CT molecular complexity index is 414. The number of allylic oxidation sites excluding steroid dienone is 1. The molecule has 3 N–H and O–H groups in total. The predicted octanol–water partition coefficient (Wildman–Crippen LogP) is 0.592. The van der Waals surface area contributed by atoms with Gasteiger partial charge in [0.15, 0.2) is 0 Å². The summed E-state index contributed by atoms with van der Waals surface area (Å²) in [5, 5.41) is 7.62. The van der Waals surface area contributed by atoms with E-state index >= 15 is 0 Å². The van der Waals surface area contributed by atoms with Gasteiger partial charge in [0.1, 0.15) is 5.71 Å². The highest BCUT2D eigenvalue weighted by molar-refractivity contribution is 6.44. The first-order valence-corrected chi connectivity index (χ1v) is 4.97. The molecule has 0 aliphatic heterocycles. The van der Waals surface area contributed by atoms with E-state index in [0.29, 0.717) is 6.42 Å². The Labute approximate surface area is 91.6 Å². The molecular formula is C10H13F2N3O. The van der Waals surface area contributed by atoms with Crippen molar-refractivity contribution < 1.29 is 13.6 Å². The SMILES string of the molecule is CN(C)C(=O)C(=N)C1=C(N)C(F)(F)[C@@H]2CC12. The quantitative estimate of drug-likeness (QED) is 0.680. The van der Waals surface area contributed by atoms with Crippen molar-refractivity contribution in [3.8, 4) is 0 Å². The Hall–Kier alpha value is -1.46. The first kappa shape index (κ1) is 11.0. The number of fused-ring (bicyclic) bond motifs is 1. The molecule has 0 spiro atoms.